The van der Waals surface area contributed by atoms with Crippen LogP contribution in [-0.2, 0) is 16.6 Å². The lowest BCUT2D eigenvalue weighted by atomic mass is 9.93. The number of piperidine rings is 1. The summed E-state index contributed by atoms with van der Waals surface area (Å²) in [4.78, 5) is 13.8. The first-order chi connectivity index (χ1) is 13.3. The third kappa shape index (κ3) is 4.92. The summed E-state index contributed by atoms with van der Waals surface area (Å²) >= 11 is 0. The molecule has 154 valence electrons. The number of likely N-dealkylation sites (tertiary alicyclic amines) is 1. The maximum atomic E-state index is 11.5. The summed E-state index contributed by atoms with van der Waals surface area (Å²) in [5.41, 5.74) is 1.33. The molecule has 8 heteroatoms. The molecule has 0 atom stereocenters. The van der Waals surface area contributed by atoms with Gasteiger partial charge in [-0.25, -0.2) is 17.5 Å². The van der Waals surface area contributed by atoms with Gasteiger partial charge in [-0.2, -0.15) is 0 Å². The van der Waals surface area contributed by atoms with Gasteiger partial charge in [-0.05, 0) is 44.3 Å². The molecule has 2 aromatic rings. The molecule has 2 heterocycles. The van der Waals surface area contributed by atoms with Gasteiger partial charge in [0.25, 0.3) is 0 Å². The van der Waals surface area contributed by atoms with Gasteiger partial charge < -0.3 is 14.6 Å². The fourth-order valence-corrected chi connectivity index (χ4v) is 4.28. The lowest BCUT2D eigenvalue weighted by Gasteiger charge is -2.32. The molecule has 0 aliphatic carbocycles. The van der Waals surface area contributed by atoms with Gasteiger partial charge in [-0.15, -0.1) is 0 Å². The summed E-state index contributed by atoms with van der Waals surface area (Å²) in [7, 11) is -1.49. The Morgan fingerprint density at radius 3 is 2.54 bits per heavy atom. The molecule has 0 spiro atoms. The summed E-state index contributed by atoms with van der Waals surface area (Å²) < 4.78 is 26.4. The number of carboxylic acids is 1. The number of aromatic carboxylic acids is 1. The third-order valence-electron chi connectivity index (χ3n) is 5.80. The second kappa shape index (κ2) is 8.63. The minimum absolute atomic E-state index is 0.361. The molecular weight excluding hydrogens is 378 g/mol. The second-order valence-electron chi connectivity index (χ2n) is 7.72. The number of aryl methyl sites for hydroxylation is 1. The highest BCUT2D eigenvalue weighted by Gasteiger charge is 2.21. The molecule has 1 aromatic carbocycles. The van der Waals surface area contributed by atoms with Crippen LogP contribution in [0.15, 0.2) is 30.5 Å². The van der Waals surface area contributed by atoms with Crippen molar-refractivity contribution in [2.75, 3.05) is 39.5 Å². The van der Waals surface area contributed by atoms with Crippen LogP contribution in [-0.4, -0.2) is 72.7 Å². The number of hydrogen-bond donors (Lipinski definition) is 1. The van der Waals surface area contributed by atoms with Crippen LogP contribution in [0.25, 0.3) is 10.9 Å². The van der Waals surface area contributed by atoms with E-state index in [-0.39, 0.29) is 0 Å². The van der Waals surface area contributed by atoms with Crippen molar-refractivity contribution in [1.82, 2.24) is 13.8 Å². The normalized spacial score (nSPS) is 16.8. The first kappa shape index (κ1) is 20.8. The van der Waals surface area contributed by atoms with Crippen molar-refractivity contribution in [2.24, 2.45) is 5.92 Å². The van der Waals surface area contributed by atoms with Crippen LogP contribution in [0.3, 0.4) is 0 Å². The monoisotopic (exact) mass is 407 g/mol. The smallest absolute Gasteiger partial charge is 0.337 e. The predicted molar refractivity (Wildman–Crippen MR) is 110 cm³/mol. The number of fused-ring (bicyclic) bond motifs is 1. The zero-order valence-corrected chi connectivity index (χ0v) is 17.4. The molecular formula is C20H29N3O4S. The fourth-order valence-electron chi connectivity index (χ4n) is 3.87. The Labute approximate surface area is 166 Å². The van der Waals surface area contributed by atoms with E-state index >= 15 is 0 Å². The van der Waals surface area contributed by atoms with E-state index in [2.05, 4.69) is 9.47 Å². The van der Waals surface area contributed by atoms with Crippen molar-refractivity contribution >= 4 is 26.9 Å². The Bertz CT molecular complexity index is 930. The number of sulfonamides is 1. The first-order valence-electron chi connectivity index (χ1n) is 9.70. The van der Waals surface area contributed by atoms with Gasteiger partial charge in [-0.3, -0.25) is 0 Å². The second-order valence-corrected chi connectivity index (χ2v) is 9.81. The Kier molecular flexibility index (Phi) is 6.42. The van der Waals surface area contributed by atoms with Gasteiger partial charge in [-0.1, -0.05) is 18.2 Å². The average Bonchev–Trinajstić information content (AvgIpc) is 3.03. The Morgan fingerprint density at radius 1 is 1.21 bits per heavy atom. The van der Waals surface area contributed by atoms with Crippen molar-refractivity contribution in [3.63, 3.8) is 0 Å². The summed E-state index contributed by atoms with van der Waals surface area (Å²) in [6, 6.07) is 7.65. The molecule has 0 amide bonds. The average molecular weight is 408 g/mol. The quantitative estimate of drug-likeness (QED) is 0.726. The first-order valence-corrected chi connectivity index (χ1v) is 11.6. The summed E-state index contributed by atoms with van der Waals surface area (Å²) in [5.74, 6) is -0.277. The molecule has 7 nitrogen and oxygen atoms in total. The van der Waals surface area contributed by atoms with E-state index < -0.39 is 16.0 Å². The molecule has 1 aliphatic rings. The minimum atomic E-state index is -3.11. The van der Waals surface area contributed by atoms with E-state index in [1.807, 2.05) is 24.3 Å². The van der Waals surface area contributed by atoms with Crippen LogP contribution in [0.4, 0.5) is 0 Å². The third-order valence-corrected chi connectivity index (χ3v) is 7.12. The molecule has 1 aromatic heterocycles. The van der Waals surface area contributed by atoms with Crippen LogP contribution in [0.2, 0.25) is 0 Å². The van der Waals surface area contributed by atoms with Gasteiger partial charge in [0.1, 0.15) is 0 Å². The number of nitrogens with zero attached hydrogens (tertiary/aromatic N) is 3. The van der Waals surface area contributed by atoms with E-state index in [1.54, 1.807) is 13.2 Å². The SMILES string of the molecule is CN(CCN1CCC(CCn2cc(C(=O)O)c3ccccc32)CC1)S(C)(=O)=O. The van der Waals surface area contributed by atoms with Crippen LogP contribution in [0.5, 0.6) is 0 Å². The standard InChI is InChI=1S/C20H29N3O4S/c1-21(28(2,26)27)13-14-22-10-7-16(8-11-22)9-12-23-15-18(20(24)25)17-5-3-4-6-19(17)23/h3-6,15-16H,7-14H2,1-2H3,(H,24,25). The zero-order chi connectivity index (χ0) is 20.3. The molecule has 3 rings (SSSR count). The predicted octanol–water partition coefficient (Wildman–Crippen LogP) is 2.33. The van der Waals surface area contributed by atoms with Gasteiger partial charge >= 0.3 is 5.97 Å². The summed E-state index contributed by atoms with van der Waals surface area (Å²) in [6.07, 6.45) is 6.19. The lowest BCUT2D eigenvalue weighted by Crippen LogP contribution is -2.40. The lowest BCUT2D eigenvalue weighted by molar-refractivity contribution is 0.0698. The number of hydrogen-bond acceptors (Lipinski definition) is 4. The maximum absolute atomic E-state index is 11.5. The molecule has 1 aliphatic heterocycles. The van der Waals surface area contributed by atoms with Crippen molar-refractivity contribution < 1.29 is 18.3 Å². The molecule has 0 unspecified atom stereocenters. The van der Waals surface area contributed by atoms with Crippen LogP contribution >= 0.6 is 0 Å². The molecule has 0 saturated carbocycles. The molecule has 28 heavy (non-hydrogen) atoms. The fraction of sp³-hybridized carbons (Fsp3) is 0.550. The van der Waals surface area contributed by atoms with Crippen molar-refractivity contribution in [3.8, 4) is 0 Å². The Balaban J connectivity index is 1.51. The number of carboxylic acid groups (broad SMARTS) is 1. The number of benzene rings is 1. The molecule has 0 bridgehead atoms. The Morgan fingerprint density at radius 2 is 1.89 bits per heavy atom. The van der Waals surface area contributed by atoms with Gasteiger partial charge in [0.2, 0.25) is 10.0 Å². The van der Waals surface area contributed by atoms with E-state index in [0.717, 1.165) is 56.3 Å². The highest BCUT2D eigenvalue weighted by atomic mass is 32.2. The molecule has 1 saturated heterocycles. The highest BCUT2D eigenvalue weighted by Crippen LogP contribution is 2.25. The molecule has 1 fully saturated rings. The minimum Gasteiger partial charge on any atom is -0.478 e. The van der Waals surface area contributed by atoms with Crippen LogP contribution < -0.4 is 0 Å². The zero-order valence-electron chi connectivity index (χ0n) is 16.5. The van der Waals surface area contributed by atoms with Crippen molar-refractivity contribution in [1.29, 1.82) is 0 Å². The number of carbonyl (C=O) groups is 1. The molecule has 1 N–H and O–H groups in total. The van der Waals surface area contributed by atoms with Crippen molar-refractivity contribution in [3.05, 3.63) is 36.0 Å². The van der Waals surface area contributed by atoms with Gasteiger partial charge in [0.15, 0.2) is 0 Å². The van der Waals surface area contributed by atoms with Crippen molar-refractivity contribution in [2.45, 2.75) is 25.8 Å². The highest BCUT2D eigenvalue weighted by molar-refractivity contribution is 7.88. The number of para-hydroxylation sites is 1. The van der Waals surface area contributed by atoms with Crippen LogP contribution in [0.1, 0.15) is 29.6 Å². The van der Waals surface area contributed by atoms with Gasteiger partial charge in [0, 0.05) is 43.8 Å². The topological polar surface area (TPSA) is 82.8 Å². The van der Waals surface area contributed by atoms with E-state index in [4.69, 9.17) is 0 Å². The number of rotatable bonds is 8. The van der Waals surface area contributed by atoms with Crippen LogP contribution in [0, 0.1) is 5.92 Å². The van der Waals surface area contributed by atoms with E-state index in [0.29, 0.717) is 18.0 Å². The number of aromatic nitrogens is 1. The van der Waals surface area contributed by atoms with E-state index in [1.165, 1.54) is 10.6 Å². The summed E-state index contributed by atoms with van der Waals surface area (Å²) in [5, 5.41) is 10.2. The summed E-state index contributed by atoms with van der Waals surface area (Å²) in [6.45, 7) is 4.07. The van der Waals surface area contributed by atoms with Gasteiger partial charge in [0.05, 0.1) is 11.8 Å². The maximum Gasteiger partial charge on any atom is 0.337 e. The largest absolute Gasteiger partial charge is 0.478 e. The molecule has 0 radical (unpaired) electrons. The Hall–Kier alpha value is -1.90. The van der Waals surface area contributed by atoms with E-state index in [9.17, 15) is 18.3 Å². The number of likely N-dealkylation sites (N-methyl/N-ethyl adjacent to an activating group) is 1.